The molecule has 0 aliphatic rings. The number of halogens is 1. The van der Waals surface area contributed by atoms with E-state index >= 15 is 0 Å². The van der Waals surface area contributed by atoms with Crippen LogP contribution in [0.15, 0.2) is 4.47 Å². The number of hydrogen-bond acceptors (Lipinski definition) is 2. The number of nitrogens with zero attached hydrogens (tertiary/aromatic N) is 2. The van der Waals surface area contributed by atoms with E-state index in [-0.39, 0.29) is 11.4 Å². The zero-order valence-electron chi connectivity index (χ0n) is 10.4. The minimum absolute atomic E-state index is 0.137. The lowest BCUT2D eigenvalue weighted by molar-refractivity contribution is 0.0904. The summed E-state index contributed by atoms with van der Waals surface area (Å²) in [5.74, 6) is -0.137. The summed E-state index contributed by atoms with van der Waals surface area (Å²) in [6.45, 7) is 7.95. The van der Waals surface area contributed by atoms with E-state index in [9.17, 15) is 4.79 Å². The molecule has 0 bridgehead atoms. The van der Waals surface area contributed by atoms with Crippen molar-refractivity contribution in [2.45, 2.75) is 39.7 Å². The molecule has 1 heterocycles. The van der Waals surface area contributed by atoms with Gasteiger partial charge in [0.05, 0.1) is 10.2 Å². The number of aryl methyl sites for hydroxylation is 1. The van der Waals surface area contributed by atoms with E-state index in [2.05, 4.69) is 26.3 Å². The Morgan fingerprint density at radius 3 is 2.50 bits per heavy atom. The fourth-order valence-electron chi connectivity index (χ4n) is 1.18. The van der Waals surface area contributed by atoms with Gasteiger partial charge in [-0.05, 0) is 43.1 Å². The third kappa shape index (κ3) is 2.64. The average molecular weight is 288 g/mol. The molecule has 0 aromatic carbocycles. The molecule has 0 atom stereocenters. The van der Waals surface area contributed by atoms with Gasteiger partial charge < -0.3 is 5.32 Å². The van der Waals surface area contributed by atoms with Gasteiger partial charge in [0.1, 0.15) is 0 Å². The van der Waals surface area contributed by atoms with Gasteiger partial charge in [-0.2, -0.15) is 5.10 Å². The van der Waals surface area contributed by atoms with Crippen LogP contribution in [0.5, 0.6) is 0 Å². The molecule has 1 rings (SSSR count). The van der Waals surface area contributed by atoms with E-state index in [1.807, 2.05) is 34.7 Å². The van der Waals surface area contributed by atoms with Crippen LogP contribution in [0.4, 0.5) is 0 Å². The van der Waals surface area contributed by atoms with Gasteiger partial charge in [0.25, 0.3) is 5.91 Å². The maximum atomic E-state index is 12.0. The first-order chi connectivity index (χ1) is 7.28. The van der Waals surface area contributed by atoms with Gasteiger partial charge in [-0.3, -0.25) is 9.48 Å². The Bertz CT molecular complexity index is 410. The second-order valence-electron chi connectivity index (χ2n) is 4.56. The van der Waals surface area contributed by atoms with Crippen molar-refractivity contribution in [3.8, 4) is 0 Å². The number of carbonyl (C=O) groups is 1. The molecule has 1 N–H and O–H groups in total. The molecule has 5 heteroatoms. The van der Waals surface area contributed by atoms with E-state index in [0.29, 0.717) is 5.69 Å². The zero-order chi connectivity index (χ0) is 12.5. The van der Waals surface area contributed by atoms with Crippen molar-refractivity contribution in [1.82, 2.24) is 15.1 Å². The predicted octanol–water partition coefficient (Wildman–Crippen LogP) is 2.41. The molecule has 0 unspecified atom stereocenters. The van der Waals surface area contributed by atoms with Crippen molar-refractivity contribution in [2.75, 3.05) is 0 Å². The molecule has 16 heavy (non-hydrogen) atoms. The van der Waals surface area contributed by atoms with Crippen LogP contribution in [0.2, 0.25) is 0 Å². The summed E-state index contributed by atoms with van der Waals surface area (Å²) in [6, 6.07) is 0. The molecular formula is C11H18BrN3O. The van der Waals surface area contributed by atoms with Crippen LogP contribution in [0.3, 0.4) is 0 Å². The summed E-state index contributed by atoms with van der Waals surface area (Å²) in [6.07, 6.45) is 0.877. The molecule has 0 fully saturated rings. The quantitative estimate of drug-likeness (QED) is 0.928. The molecule has 1 amide bonds. The van der Waals surface area contributed by atoms with Gasteiger partial charge in [0.15, 0.2) is 5.69 Å². The Morgan fingerprint density at radius 2 is 2.12 bits per heavy atom. The molecule has 90 valence electrons. The SMILES string of the molecule is CCC(C)(C)NC(=O)c1nn(C)c(C)c1Br. The van der Waals surface area contributed by atoms with E-state index < -0.39 is 0 Å². The van der Waals surface area contributed by atoms with Crippen molar-refractivity contribution >= 4 is 21.8 Å². The molecule has 0 spiro atoms. The molecule has 0 saturated heterocycles. The third-order valence-electron chi connectivity index (χ3n) is 2.81. The number of hydrogen-bond donors (Lipinski definition) is 1. The zero-order valence-corrected chi connectivity index (χ0v) is 12.0. The first-order valence-electron chi connectivity index (χ1n) is 5.30. The van der Waals surface area contributed by atoms with E-state index in [4.69, 9.17) is 0 Å². The van der Waals surface area contributed by atoms with Crippen LogP contribution in [0, 0.1) is 6.92 Å². The normalized spacial score (nSPS) is 11.6. The highest BCUT2D eigenvalue weighted by molar-refractivity contribution is 9.10. The molecule has 1 aromatic heterocycles. The number of rotatable bonds is 3. The molecule has 0 aliphatic carbocycles. The fourth-order valence-corrected chi connectivity index (χ4v) is 1.70. The monoisotopic (exact) mass is 287 g/mol. The number of carbonyl (C=O) groups excluding carboxylic acids is 1. The maximum Gasteiger partial charge on any atom is 0.273 e. The van der Waals surface area contributed by atoms with Gasteiger partial charge in [0.2, 0.25) is 0 Å². The Balaban J connectivity index is 2.94. The largest absolute Gasteiger partial charge is 0.346 e. The first kappa shape index (κ1) is 13.2. The third-order valence-corrected chi connectivity index (χ3v) is 3.76. The predicted molar refractivity (Wildman–Crippen MR) is 67.5 cm³/mol. The minimum Gasteiger partial charge on any atom is -0.346 e. The number of aromatic nitrogens is 2. The van der Waals surface area contributed by atoms with Crippen LogP contribution in [-0.2, 0) is 7.05 Å². The van der Waals surface area contributed by atoms with E-state index in [1.54, 1.807) is 4.68 Å². The Hall–Kier alpha value is -0.840. The fraction of sp³-hybridized carbons (Fsp3) is 0.636. The number of nitrogens with one attached hydrogen (secondary N) is 1. The lowest BCUT2D eigenvalue weighted by Gasteiger charge is -2.23. The van der Waals surface area contributed by atoms with E-state index in [0.717, 1.165) is 16.6 Å². The smallest absolute Gasteiger partial charge is 0.273 e. The Morgan fingerprint density at radius 1 is 1.56 bits per heavy atom. The average Bonchev–Trinajstić information content (AvgIpc) is 2.45. The van der Waals surface area contributed by atoms with Gasteiger partial charge in [-0.25, -0.2) is 0 Å². The minimum atomic E-state index is -0.206. The molecule has 1 aromatic rings. The van der Waals surface area contributed by atoms with E-state index in [1.165, 1.54) is 0 Å². The standard InChI is InChI=1S/C11H18BrN3O/c1-6-11(3,4)13-10(16)9-8(12)7(2)15(5)14-9/h6H2,1-5H3,(H,13,16). The van der Waals surface area contributed by atoms with Crippen LogP contribution in [0.1, 0.15) is 43.4 Å². The van der Waals surface area contributed by atoms with Crippen molar-refractivity contribution in [3.63, 3.8) is 0 Å². The number of amides is 1. The van der Waals surface area contributed by atoms with Crippen molar-refractivity contribution in [2.24, 2.45) is 7.05 Å². The molecule has 0 saturated carbocycles. The highest BCUT2D eigenvalue weighted by Crippen LogP contribution is 2.20. The summed E-state index contributed by atoms with van der Waals surface area (Å²) >= 11 is 3.39. The van der Waals surface area contributed by atoms with Crippen molar-refractivity contribution < 1.29 is 4.79 Å². The van der Waals surface area contributed by atoms with Gasteiger partial charge in [-0.1, -0.05) is 6.92 Å². The highest BCUT2D eigenvalue weighted by Gasteiger charge is 2.23. The Labute approximate surface area is 105 Å². The van der Waals surface area contributed by atoms with Gasteiger partial charge in [0, 0.05) is 12.6 Å². The lowest BCUT2D eigenvalue weighted by atomic mass is 10.0. The summed E-state index contributed by atoms with van der Waals surface area (Å²) in [5.41, 5.74) is 1.18. The molecule has 4 nitrogen and oxygen atoms in total. The van der Waals surface area contributed by atoms with Gasteiger partial charge >= 0.3 is 0 Å². The lowest BCUT2D eigenvalue weighted by Crippen LogP contribution is -2.43. The summed E-state index contributed by atoms with van der Waals surface area (Å²) < 4.78 is 2.46. The van der Waals surface area contributed by atoms with Crippen LogP contribution in [0.25, 0.3) is 0 Å². The van der Waals surface area contributed by atoms with Crippen molar-refractivity contribution in [1.29, 1.82) is 0 Å². The molecular weight excluding hydrogens is 270 g/mol. The summed E-state index contributed by atoms with van der Waals surface area (Å²) in [4.78, 5) is 12.0. The van der Waals surface area contributed by atoms with Gasteiger partial charge in [-0.15, -0.1) is 0 Å². The summed E-state index contributed by atoms with van der Waals surface area (Å²) in [7, 11) is 1.82. The van der Waals surface area contributed by atoms with Crippen LogP contribution >= 0.6 is 15.9 Å². The maximum absolute atomic E-state index is 12.0. The Kier molecular flexibility index (Phi) is 3.78. The van der Waals surface area contributed by atoms with Crippen LogP contribution < -0.4 is 5.32 Å². The first-order valence-corrected chi connectivity index (χ1v) is 6.09. The topological polar surface area (TPSA) is 46.9 Å². The summed E-state index contributed by atoms with van der Waals surface area (Å²) in [5, 5.41) is 7.14. The molecule has 0 radical (unpaired) electrons. The van der Waals surface area contributed by atoms with Crippen molar-refractivity contribution in [3.05, 3.63) is 15.9 Å². The second kappa shape index (κ2) is 4.57. The van der Waals surface area contributed by atoms with Crippen LogP contribution in [-0.4, -0.2) is 21.2 Å². The second-order valence-corrected chi connectivity index (χ2v) is 5.36. The molecule has 0 aliphatic heterocycles. The highest BCUT2D eigenvalue weighted by atomic mass is 79.9.